The van der Waals surface area contributed by atoms with Crippen molar-refractivity contribution in [3.8, 4) is 0 Å². The zero-order chi connectivity index (χ0) is 17.3. The molecule has 3 heterocycles. The number of nitrogens with one attached hydrogen (secondary N) is 1. The van der Waals surface area contributed by atoms with Crippen molar-refractivity contribution in [2.75, 3.05) is 7.05 Å². The molecule has 0 saturated carbocycles. The maximum absolute atomic E-state index is 12.8. The predicted molar refractivity (Wildman–Crippen MR) is 88.7 cm³/mol. The van der Waals surface area contributed by atoms with Gasteiger partial charge in [0.15, 0.2) is 0 Å². The number of piperidine rings is 1. The average molecular weight is 329 g/mol. The zero-order valence-corrected chi connectivity index (χ0v) is 14.3. The van der Waals surface area contributed by atoms with Crippen LogP contribution in [0.2, 0.25) is 0 Å². The standard InChI is InChI=1S/C17H23N5O2/c1-20-8-6-12(11-20)10-19-17(24)13-4-5-14(23)22(3)15(13)16-18-7-9-21(16)2/h6-9,11,13,15H,4-5,10H2,1-3H3,(H,19,24)/t13-,15-/m0/s1. The second kappa shape index (κ2) is 6.51. The van der Waals surface area contributed by atoms with E-state index in [2.05, 4.69) is 10.3 Å². The molecule has 24 heavy (non-hydrogen) atoms. The first-order valence-electron chi connectivity index (χ1n) is 8.09. The number of likely N-dealkylation sites (tertiary alicyclic amines) is 1. The number of nitrogens with zero attached hydrogens (tertiary/aromatic N) is 4. The van der Waals surface area contributed by atoms with Crippen LogP contribution in [0, 0.1) is 5.92 Å². The Labute approximate surface area is 141 Å². The highest BCUT2D eigenvalue weighted by atomic mass is 16.2. The number of imidazole rings is 1. The molecule has 128 valence electrons. The van der Waals surface area contributed by atoms with Gasteiger partial charge in [-0.25, -0.2) is 4.98 Å². The number of amides is 2. The van der Waals surface area contributed by atoms with E-state index in [0.717, 1.165) is 11.4 Å². The third-order valence-electron chi connectivity index (χ3n) is 4.68. The summed E-state index contributed by atoms with van der Waals surface area (Å²) in [6, 6.07) is 1.65. The highest BCUT2D eigenvalue weighted by molar-refractivity contribution is 5.84. The normalized spacial score (nSPS) is 21.1. The topological polar surface area (TPSA) is 72.2 Å². The summed E-state index contributed by atoms with van der Waals surface area (Å²) in [6.45, 7) is 0.487. The van der Waals surface area contributed by atoms with Crippen molar-refractivity contribution < 1.29 is 9.59 Å². The number of carbonyl (C=O) groups is 2. The SMILES string of the molecule is CN1C(=O)CC[C@H](C(=O)NCc2ccn(C)c2)[C@H]1c1nccn1C. The van der Waals surface area contributed by atoms with Crippen molar-refractivity contribution in [1.29, 1.82) is 0 Å². The molecule has 0 radical (unpaired) electrons. The summed E-state index contributed by atoms with van der Waals surface area (Å²) in [5.41, 5.74) is 1.06. The summed E-state index contributed by atoms with van der Waals surface area (Å²) < 4.78 is 3.82. The van der Waals surface area contributed by atoms with Crippen molar-refractivity contribution in [2.45, 2.75) is 25.4 Å². The monoisotopic (exact) mass is 329 g/mol. The Kier molecular flexibility index (Phi) is 4.42. The van der Waals surface area contributed by atoms with Crippen LogP contribution in [-0.2, 0) is 30.2 Å². The van der Waals surface area contributed by atoms with Crippen LogP contribution in [0.5, 0.6) is 0 Å². The molecule has 1 aliphatic heterocycles. The molecule has 1 fully saturated rings. The van der Waals surface area contributed by atoms with Crippen LogP contribution < -0.4 is 5.32 Å². The fourth-order valence-electron chi connectivity index (χ4n) is 3.31. The van der Waals surface area contributed by atoms with Crippen LogP contribution in [0.4, 0.5) is 0 Å². The third-order valence-corrected chi connectivity index (χ3v) is 4.68. The number of aryl methyl sites for hydroxylation is 2. The van der Waals surface area contributed by atoms with Crippen LogP contribution in [0.3, 0.4) is 0 Å². The van der Waals surface area contributed by atoms with Crippen molar-refractivity contribution in [3.63, 3.8) is 0 Å². The van der Waals surface area contributed by atoms with Gasteiger partial charge in [0.25, 0.3) is 0 Å². The minimum atomic E-state index is -0.331. The Morgan fingerprint density at radius 1 is 1.33 bits per heavy atom. The summed E-state index contributed by atoms with van der Waals surface area (Å²) in [4.78, 5) is 30.9. The quantitative estimate of drug-likeness (QED) is 0.909. The summed E-state index contributed by atoms with van der Waals surface area (Å²) in [7, 11) is 5.58. The minimum Gasteiger partial charge on any atom is -0.357 e. The Hall–Kier alpha value is -2.57. The summed E-state index contributed by atoms with van der Waals surface area (Å²) >= 11 is 0. The van der Waals surface area contributed by atoms with E-state index in [9.17, 15) is 9.59 Å². The van der Waals surface area contributed by atoms with Crippen molar-refractivity contribution >= 4 is 11.8 Å². The summed E-state index contributed by atoms with van der Waals surface area (Å²) in [6.07, 6.45) is 8.39. The van der Waals surface area contributed by atoms with Crippen LogP contribution >= 0.6 is 0 Å². The average Bonchev–Trinajstić information content (AvgIpc) is 3.16. The number of aromatic nitrogens is 3. The lowest BCUT2D eigenvalue weighted by Crippen LogP contribution is -2.47. The number of rotatable bonds is 4. The molecule has 0 aliphatic carbocycles. The number of hydrogen-bond acceptors (Lipinski definition) is 3. The van der Waals surface area contributed by atoms with Gasteiger partial charge in [0, 0.05) is 58.9 Å². The van der Waals surface area contributed by atoms with Gasteiger partial charge < -0.3 is 19.4 Å². The zero-order valence-electron chi connectivity index (χ0n) is 14.3. The van der Waals surface area contributed by atoms with Crippen LogP contribution in [-0.4, -0.2) is 37.9 Å². The molecule has 2 amide bonds. The molecule has 0 spiro atoms. The molecular weight excluding hydrogens is 306 g/mol. The van der Waals surface area contributed by atoms with Gasteiger partial charge in [-0.05, 0) is 18.1 Å². The van der Waals surface area contributed by atoms with E-state index in [-0.39, 0.29) is 23.8 Å². The molecule has 2 atom stereocenters. The van der Waals surface area contributed by atoms with E-state index < -0.39 is 0 Å². The summed E-state index contributed by atoms with van der Waals surface area (Å²) in [5.74, 6) is 0.462. The van der Waals surface area contributed by atoms with E-state index in [0.29, 0.717) is 19.4 Å². The smallest absolute Gasteiger partial charge is 0.225 e. The first-order valence-corrected chi connectivity index (χ1v) is 8.09. The van der Waals surface area contributed by atoms with E-state index in [1.807, 2.05) is 47.9 Å². The Balaban J connectivity index is 1.77. The maximum atomic E-state index is 12.8. The fraction of sp³-hybridized carbons (Fsp3) is 0.471. The van der Waals surface area contributed by atoms with Gasteiger partial charge in [-0.2, -0.15) is 0 Å². The molecule has 2 aromatic heterocycles. The van der Waals surface area contributed by atoms with Gasteiger partial charge in [-0.15, -0.1) is 0 Å². The molecule has 1 saturated heterocycles. The number of carbonyl (C=O) groups excluding carboxylic acids is 2. The molecule has 2 aromatic rings. The van der Waals surface area contributed by atoms with Crippen LogP contribution in [0.1, 0.15) is 30.3 Å². The second-order valence-corrected chi connectivity index (χ2v) is 6.39. The van der Waals surface area contributed by atoms with Gasteiger partial charge in [0.2, 0.25) is 11.8 Å². The third kappa shape index (κ3) is 3.06. The first-order chi connectivity index (χ1) is 11.5. The van der Waals surface area contributed by atoms with E-state index in [1.165, 1.54) is 0 Å². The Morgan fingerprint density at radius 2 is 2.12 bits per heavy atom. The van der Waals surface area contributed by atoms with Gasteiger partial charge >= 0.3 is 0 Å². The van der Waals surface area contributed by atoms with E-state index in [4.69, 9.17) is 0 Å². The maximum Gasteiger partial charge on any atom is 0.225 e. The largest absolute Gasteiger partial charge is 0.357 e. The Morgan fingerprint density at radius 3 is 2.75 bits per heavy atom. The van der Waals surface area contributed by atoms with Crippen LogP contribution in [0.15, 0.2) is 30.9 Å². The lowest BCUT2D eigenvalue weighted by molar-refractivity contribution is -0.142. The van der Waals surface area contributed by atoms with Crippen LogP contribution in [0.25, 0.3) is 0 Å². The lowest BCUT2D eigenvalue weighted by atomic mass is 9.87. The van der Waals surface area contributed by atoms with Crippen molar-refractivity contribution in [3.05, 3.63) is 42.2 Å². The van der Waals surface area contributed by atoms with Crippen molar-refractivity contribution in [1.82, 2.24) is 24.3 Å². The molecular formula is C17H23N5O2. The molecule has 1 aliphatic rings. The molecule has 0 unspecified atom stereocenters. The van der Waals surface area contributed by atoms with Gasteiger partial charge in [0.1, 0.15) is 11.9 Å². The van der Waals surface area contributed by atoms with Crippen molar-refractivity contribution in [2.24, 2.45) is 20.0 Å². The van der Waals surface area contributed by atoms with Gasteiger partial charge in [0.05, 0.1) is 5.92 Å². The molecule has 7 heteroatoms. The second-order valence-electron chi connectivity index (χ2n) is 6.39. The minimum absolute atomic E-state index is 0.0359. The highest BCUT2D eigenvalue weighted by Gasteiger charge is 2.40. The molecule has 0 bridgehead atoms. The first kappa shape index (κ1) is 16.3. The summed E-state index contributed by atoms with van der Waals surface area (Å²) in [5, 5.41) is 3.00. The molecule has 1 N–H and O–H groups in total. The highest BCUT2D eigenvalue weighted by Crippen LogP contribution is 2.34. The Bertz CT molecular complexity index is 748. The number of hydrogen-bond donors (Lipinski definition) is 1. The fourth-order valence-corrected chi connectivity index (χ4v) is 3.31. The molecule has 3 rings (SSSR count). The predicted octanol–water partition coefficient (Wildman–Crippen LogP) is 0.984. The lowest BCUT2D eigenvalue weighted by Gasteiger charge is -2.37. The van der Waals surface area contributed by atoms with E-state index in [1.54, 1.807) is 18.1 Å². The van der Waals surface area contributed by atoms with Gasteiger partial charge in [-0.1, -0.05) is 0 Å². The molecule has 0 aromatic carbocycles. The van der Waals surface area contributed by atoms with E-state index >= 15 is 0 Å². The molecule has 7 nitrogen and oxygen atoms in total. The van der Waals surface area contributed by atoms with Gasteiger partial charge in [-0.3, -0.25) is 9.59 Å².